The van der Waals surface area contributed by atoms with Gasteiger partial charge in [-0.3, -0.25) is 4.79 Å². The van der Waals surface area contributed by atoms with Crippen molar-refractivity contribution in [2.24, 2.45) is 0 Å². The predicted molar refractivity (Wildman–Crippen MR) is 138 cm³/mol. The van der Waals surface area contributed by atoms with Crippen LogP contribution in [0.1, 0.15) is 11.7 Å². The molecular weight excluding hydrogens is 564 g/mol. The molecule has 228 valence electrons. The first-order chi connectivity index (χ1) is 20.0. The van der Waals surface area contributed by atoms with Gasteiger partial charge in [0, 0.05) is 17.7 Å². The number of aliphatic hydroxyl groups excluding tert-OH is 8. The van der Waals surface area contributed by atoms with Gasteiger partial charge in [0.25, 0.3) is 0 Å². The average molecular weight is 595 g/mol. The lowest BCUT2D eigenvalue weighted by atomic mass is 9.89. The Morgan fingerprint density at radius 2 is 1.31 bits per heavy atom. The van der Waals surface area contributed by atoms with E-state index in [1.807, 2.05) is 0 Å². The van der Waals surface area contributed by atoms with Crippen molar-refractivity contribution in [2.75, 3.05) is 13.2 Å². The average Bonchev–Trinajstić information content (AvgIpc) is 2.97. The molecule has 0 bridgehead atoms. The minimum atomic E-state index is -1.82. The van der Waals surface area contributed by atoms with Gasteiger partial charge in [-0.1, -0.05) is 0 Å². The van der Waals surface area contributed by atoms with Crippen molar-refractivity contribution in [2.45, 2.75) is 61.2 Å². The van der Waals surface area contributed by atoms with Gasteiger partial charge in [-0.2, -0.15) is 0 Å². The van der Waals surface area contributed by atoms with Crippen LogP contribution in [0.4, 0.5) is 0 Å². The first-order valence-electron chi connectivity index (χ1n) is 12.9. The number of aromatic hydroxyl groups is 2. The highest BCUT2D eigenvalue weighted by atomic mass is 16.7. The summed E-state index contributed by atoms with van der Waals surface area (Å²) in [5, 5.41) is 101. The fraction of sp³-hybridized carbons (Fsp3) is 0.444. The number of rotatable bonds is 6. The Morgan fingerprint density at radius 1 is 0.714 bits per heavy atom. The highest BCUT2D eigenvalue weighted by molar-refractivity contribution is 5.89. The number of benzene rings is 2. The molecular formula is C27H30O15. The third-order valence-electron chi connectivity index (χ3n) is 7.41. The lowest BCUT2D eigenvalue weighted by Gasteiger charge is -2.40. The first kappa shape index (κ1) is 30.1. The molecule has 10 N–H and O–H groups in total. The number of fused-ring (bicyclic) bond motifs is 1. The van der Waals surface area contributed by atoms with Gasteiger partial charge in [-0.25, -0.2) is 0 Å². The molecule has 3 aromatic rings. The number of ether oxygens (including phenoxy) is 3. The Bertz CT molecular complexity index is 1470. The van der Waals surface area contributed by atoms with Crippen molar-refractivity contribution in [3.05, 3.63) is 52.2 Å². The van der Waals surface area contributed by atoms with Gasteiger partial charge in [0.05, 0.1) is 18.8 Å². The van der Waals surface area contributed by atoms with Crippen LogP contribution in [0.5, 0.6) is 17.2 Å². The van der Waals surface area contributed by atoms with Crippen molar-refractivity contribution in [1.29, 1.82) is 0 Å². The van der Waals surface area contributed by atoms with E-state index in [1.165, 1.54) is 24.3 Å². The largest absolute Gasteiger partial charge is 0.507 e. The fourth-order valence-corrected chi connectivity index (χ4v) is 5.08. The van der Waals surface area contributed by atoms with Crippen LogP contribution in [0.2, 0.25) is 0 Å². The van der Waals surface area contributed by atoms with Crippen LogP contribution in [-0.4, -0.2) is 119 Å². The summed E-state index contributed by atoms with van der Waals surface area (Å²) in [6.45, 7) is -1.38. The summed E-state index contributed by atoms with van der Waals surface area (Å²) in [5.74, 6) is -1.24. The molecule has 0 radical (unpaired) electrons. The lowest BCUT2D eigenvalue weighted by Crippen LogP contribution is -2.60. The van der Waals surface area contributed by atoms with Crippen LogP contribution in [0.25, 0.3) is 22.3 Å². The van der Waals surface area contributed by atoms with Crippen molar-refractivity contribution in [3.8, 4) is 28.6 Å². The maximum atomic E-state index is 13.1. The molecule has 2 aliphatic rings. The monoisotopic (exact) mass is 594 g/mol. The summed E-state index contributed by atoms with van der Waals surface area (Å²) in [6, 6.07) is 7.59. The summed E-state index contributed by atoms with van der Waals surface area (Å²) in [4.78, 5) is 13.1. The number of phenols is 2. The molecule has 10 atom stereocenters. The lowest BCUT2D eigenvalue weighted by molar-refractivity contribution is -0.277. The van der Waals surface area contributed by atoms with E-state index in [4.69, 9.17) is 18.6 Å². The van der Waals surface area contributed by atoms with Crippen LogP contribution in [-0.2, 0) is 9.47 Å². The maximum absolute atomic E-state index is 13.1. The topological polar surface area (TPSA) is 260 Å². The molecule has 3 heterocycles. The van der Waals surface area contributed by atoms with Crippen molar-refractivity contribution >= 4 is 11.0 Å². The highest BCUT2D eigenvalue weighted by Gasteiger charge is 2.46. The smallest absolute Gasteiger partial charge is 0.229 e. The molecule has 2 aliphatic heterocycles. The standard InChI is InChI=1S/C27H30O15/c28-7-15-19(33)21(35)23(37)26(41-15)18-12(31)5-11(30)17-13(32)6-14(40-25(17)18)9-1-3-10(4-2-9)39-27-24(38)22(36)20(34)16(8-29)42-27/h1-6,15-16,19-24,26-31,33-38H,7-8H2/t15-,16+,19+,20+,21-,22-,23+,24+,26-,27+/m1/s1. The van der Waals surface area contributed by atoms with Gasteiger partial charge >= 0.3 is 0 Å². The zero-order valence-corrected chi connectivity index (χ0v) is 21.7. The Kier molecular flexibility index (Phi) is 8.41. The van der Waals surface area contributed by atoms with E-state index in [-0.39, 0.29) is 33.6 Å². The van der Waals surface area contributed by atoms with Crippen LogP contribution in [0.3, 0.4) is 0 Å². The van der Waals surface area contributed by atoms with Crippen LogP contribution < -0.4 is 10.2 Å². The molecule has 5 rings (SSSR count). The number of aliphatic hydroxyl groups is 8. The molecule has 0 spiro atoms. The minimum absolute atomic E-state index is 0.0669. The SMILES string of the molecule is O=c1cc(-c2ccc(O[C@H]3O[C@@H](CO)[C@H](O)[C@@H](O)[C@@H]3O)cc2)oc2c([C@H]3O[C@H](CO)[C@H](O)[C@@H](O)[C@@H]3O)c(O)cc(O)c12. The molecule has 0 saturated carbocycles. The van der Waals surface area contributed by atoms with Crippen LogP contribution in [0.15, 0.2) is 45.6 Å². The minimum Gasteiger partial charge on any atom is -0.507 e. The summed E-state index contributed by atoms with van der Waals surface area (Å²) >= 11 is 0. The number of hydrogen-bond acceptors (Lipinski definition) is 15. The van der Waals surface area contributed by atoms with Gasteiger partial charge < -0.3 is 69.7 Å². The van der Waals surface area contributed by atoms with Gasteiger partial charge in [-0.15, -0.1) is 0 Å². The van der Waals surface area contributed by atoms with Crippen molar-refractivity contribution in [3.63, 3.8) is 0 Å². The van der Waals surface area contributed by atoms with Crippen LogP contribution >= 0.6 is 0 Å². The first-order valence-corrected chi connectivity index (χ1v) is 12.9. The van der Waals surface area contributed by atoms with Gasteiger partial charge in [0.1, 0.15) is 83.3 Å². The maximum Gasteiger partial charge on any atom is 0.229 e. The van der Waals surface area contributed by atoms with Gasteiger partial charge in [0.15, 0.2) is 11.0 Å². The van der Waals surface area contributed by atoms with Crippen molar-refractivity contribution in [1.82, 2.24) is 0 Å². The summed E-state index contributed by atoms with van der Waals surface area (Å²) in [6.07, 6.45) is -15.7. The van der Waals surface area contributed by atoms with Gasteiger partial charge in [0.2, 0.25) is 6.29 Å². The molecule has 0 unspecified atom stereocenters. The summed E-state index contributed by atoms with van der Waals surface area (Å²) in [7, 11) is 0. The molecule has 0 aliphatic carbocycles. The fourth-order valence-electron chi connectivity index (χ4n) is 5.08. The van der Waals surface area contributed by atoms with E-state index >= 15 is 0 Å². The normalized spacial score (nSPS) is 33.5. The zero-order valence-electron chi connectivity index (χ0n) is 21.7. The second-order valence-electron chi connectivity index (χ2n) is 10.1. The summed E-state index contributed by atoms with van der Waals surface area (Å²) < 4.78 is 22.3. The molecule has 15 nitrogen and oxygen atoms in total. The molecule has 2 fully saturated rings. The Morgan fingerprint density at radius 3 is 1.93 bits per heavy atom. The summed E-state index contributed by atoms with van der Waals surface area (Å²) in [5.41, 5.74) is -1.16. The Balaban J connectivity index is 1.50. The van der Waals surface area contributed by atoms with E-state index in [0.29, 0.717) is 0 Å². The molecule has 1 aromatic heterocycles. The third kappa shape index (κ3) is 5.20. The second kappa shape index (κ2) is 11.7. The highest BCUT2D eigenvalue weighted by Crippen LogP contribution is 2.43. The van der Waals surface area contributed by atoms with Crippen molar-refractivity contribution < 1.29 is 69.7 Å². The predicted octanol–water partition coefficient (Wildman–Crippen LogP) is -2.44. The van der Waals surface area contributed by atoms with E-state index in [0.717, 1.165) is 12.1 Å². The van der Waals surface area contributed by atoms with E-state index in [2.05, 4.69) is 0 Å². The molecule has 2 aromatic carbocycles. The van der Waals surface area contributed by atoms with E-state index in [1.54, 1.807) is 0 Å². The zero-order chi connectivity index (χ0) is 30.5. The Hall–Kier alpha value is -3.35. The number of phenolic OH excluding ortho intramolecular Hbond substituents is 2. The quantitative estimate of drug-likeness (QED) is 0.142. The molecule has 42 heavy (non-hydrogen) atoms. The van der Waals surface area contributed by atoms with E-state index < -0.39 is 91.4 Å². The number of hydrogen-bond donors (Lipinski definition) is 10. The molecule has 15 heteroatoms. The molecule has 2 saturated heterocycles. The van der Waals surface area contributed by atoms with E-state index in [9.17, 15) is 55.9 Å². The second-order valence-corrected chi connectivity index (χ2v) is 10.1. The Labute approximate surface area is 236 Å². The van der Waals surface area contributed by atoms with Gasteiger partial charge in [-0.05, 0) is 24.3 Å². The van der Waals surface area contributed by atoms with Crippen LogP contribution in [0, 0.1) is 0 Å². The molecule has 0 amide bonds. The third-order valence-corrected chi connectivity index (χ3v) is 7.41.